The minimum absolute atomic E-state index is 0.206. The van der Waals surface area contributed by atoms with Crippen molar-refractivity contribution in [2.75, 3.05) is 20.2 Å². The smallest absolute Gasteiger partial charge is 0.128 e. The van der Waals surface area contributed by atoms with Crippen LogP contribution in [0.2, 0.25) is 0 Å². The highest BCUT2D eigenvalue weighted by atomic mass is 19.1. The Balaban J connectivity index is 2.06. The van der Waals surface area contributed by atoms with Gasteiger partial charge in [-0.2, -0.15) is 0 Å². The average molecular weight is 276 g/mol. The number of benzene rings is 1. The zero-order valence-corrected chi connectivity index (χ0v) is 12.0. The van der Waals surface area contributed by atoms with E-state index in [0.29, 0.717) is 23.7 Å². The van der Waals surface area contributed by atoms with Crippen molar-refractivity contribution < 1.29 is 9.13 Å². The number of nitrogens with zero attached hydrogens (tertiary/aromatic N) is 1. The highest BCUT2D eigenvalue weighted by Crippen LogP contribution is 2.21. The van der Waals surface area contributed by atoms with Crippen LogP contribution in [-0.2, 0) is 11.3 Å². The van der Waals surface area contributed by atoms with E-state index >= 15 is 0 Å². The number of nitrogens with two attached hydrogens (primary N) is 1. The van der Waals surface area contributed by atoms with Crippen LogP contribution in [0.4, 0.5) is 4.39 Å². The van der Waals surface area contributed by atoms with Crippen LogP contribution in [0.1, 0.15) is 24.5 Å². The van der Waals surface area contributed by atoms with E-state index in [2.05, 4.69) is 23.7 Å². The van der Waals surface area contributed by atoms with Crippen LogP contribution in [0.5, 0.6) is 0 Å². The molecule has 1 aromatic rings. The maximum absolute atomic E-state index is 14.1. The van der Waals surface area contributed by atoms with Crippen LogP contribution in [0.25, 0.3) is 0 Å². The fourth-order valence-electron chi connectivity index (χ4n) is 2.59. The molecule has 0 spiro atoms. The molecule has 20 heavy (non-hydrogen) atoms. The van der Waals surface area contributed by atoms with Gasteiger partial charge in [0.25, 0.3) is 0 Å². The van der Waals surface area contributed by atoms with Gasteiger partial charge in [-0.1, -0.05) is 17.9 Å². The average Bonchev–Trinajstić information content (AvgIpc) is 2.85. The van der Waals surface area contributed by atoms with Crippen LogP contribution in [0.15, 0.2) is 18.2 Å². The molecule has 4 heteroatoms. The lowest BCUT2D eigenvalue weighted by Gasteiger charge is -2.26. The molecule has 2 unspecified atom stereocenters. The number of likely N-dealkylation sites (N-methyl/N-ethyl adjacent to an activating group) is 1. The van der Waals surface area contributed by atoms with E-state index < -0.39 is 0 Å². The van der Waals surface area contributed by atoms with Gasteiger partial charge in [0.15, 0.2) is 0 Å². The molecule has 1 fully saturated rings. The quantitative estimate of drug-likeness (QED) is 0.855. The zero-order chi connectivity index (χ0) is 14.5. The summed E-state index contributed by atoms with van der Waals surface area (Å²) in [5.74, 6) is 5.35. The Morgan fingerprint density at radius 1 is 1.50 bits per heavy atom. The molecule has 2 atom stereocenters. The summed E-state index contributed by atoms with van der Waals surface area (Å²) in [6.07, 6.45) is 1.21. The van der Waals surface area contributed by atoms with Crippen molar-refractivity contribution in [3.8, 4) is 11.8 Å². The van der Waals surface area contributed by atoms with Gasteiger partial charge in [0.05, 0.1) is 12.6 Å². The molecule has 2 N–H and O–H groups in total. The van der Waals surface area contributed by atoms with Crippen LogP contribution in [-0.4, -0.2) is 37.2 Å². The predicted molar refractivity (Wildman–Crippen MR) is 77.6 cm³/mol. The third-order valence-electron chi connectivity index (χ3n) is 3.71. The van der Waals surface area contributed by atoms with E-state index in [9.17, 15) is 4.39 Å². The number of ether oxygens (including phenoxy) is 1. The van der Waals surface area contributed by atoms with E-state index in [1.165, 1.54) is 6.07 Å². The van der Waals surface area contributed by atoms with Crippen molar-refractivity contribution in [3.05, 3.63) is 35.1 Å². The van der Waals surface area contributed by atoms with Crippen molar-refractivity contribution in [1.29, 1.82) is 0 Å². The topological polar surface area (TPSA) is 38.5 Å². The molecule has 1 aliphatic heterocycles. The van der Waals surface area contributed by atoms with Gasteiger partial charge in [-0.25, -0.2) is 4.39 Å². The summed E-state index contributed by atoms with van der Waals surface area (Å²) in [6, 6.07) is 5.46. The summed E-state index contributed by atoms with van der Waals surface area (Å²) in [5, 5.41) is 0. The molecular formula is C16H21FN2O. The maximum Gasteiger partial charge on any atom is 0.128 e. The lowest BCUT2D eigenvalue weighted by Crippen LogP contribution is -2.36. The Kier molecular flexibility index (Phi) is 5.13. The van der Waals surface area contributed by atoms with E-state index in [4.69, 9.17) is 10.5 Å². The van der Waals surface area contributed by atoms with Crippen molar-refractivity contribution in [3.63, 3.8) is 0 Å². The molecule has 108 valence electrons. The molecule has 0 aliphatic carbocycles. The zero-order valence-electron chi connectivity index (χ0n) is 12.0. The van der Waals surface area contributed by atoms with Gasteiger partial charge >= 0.3 is 0 Å². The number of hydrogen-bond acceptors (Lipinski definition) is 3. The standard InChI is InChI=1S/C16H21FN2O/c1-12-16(7-9-20-12)19(2)11-14-6-5-13(4-3-8-18)10-15(14)17/h5-6,10,12,16H,7-9,11,18H2,1-2H3. The summed E-state index contributed by atoms with van der Waals surface area (Å²) in [6.45, 7) is 3.71. The predicted octanol–water partition coefficient (Wildman–Crippen LogP) is 1.75. The molecule has 0 aromatic heterocycles. The fourth-order valence-corrected chi connectivity index (χ4v) is 2.59. The van der Waals surface area contributed by atoms with Crippen LogP contribution < -0.4 is 5.73 Å². The molecule has 1 saturated heterocycles. The Bertz CT molecular complexity index is 521. The van der Waals surface area contributed by atoms with Crippen LogP contribution >= 0.6 is 0 Å². The van der Waals surface area contributed by atoms with Gasteiger partial charge in [-0.3, -0.25) is 4.90 Å². The molecule has 1 heterocycles. The summed E-state index contributed by atoms with van der Waals surface area (Å²) < 4.78 is 19.6. The SMILES string of the molecule is CC1OCCC1N(C)Cc1ccc(C#CCN)cc1F. The maximum atomic E-state index is 14.1. The van der Waals surface area contributed by atoms with Crippen molar-refractivity contribution in [1.82, 2.24) is 4.90 Å². The molecular weight excluding hydrogens is 255 g/mol. The van der Waals surface area contributed by atoms with Gasteiger partial charge in [-0.05, 0) is 32.5 Å². The van der Waals surface area contributed by atoms with E-state index in [0.717, 1.165) is 13.0 Å². The highest BCUT2D eigenvalue weighted by Gasteiger charge is 2.28. The number of halogens is 1. The largest absolute Gasteiger partial charge is 0.377 e. The third-order valence-corrected chi connectivity index (χ3v) is 3.71. The molecule has 1 aromatic carbocycles. The van der Waals surface area contributed by atoms with Crippen LogP contribution in [0.3, 0.4) is 0 Å². The third kappa shape index (κ3) is 3.57. The van der Waals surface area contributed by atoms with Crippen LogP contribution in [0, 0.1) is 17.7 Å². The molecule has 1 aliphatic rings. The monoisotopic (exact) mass is 276 g/mol. The first-order valence-corrected chi connectivity index (χ1v) is 6.91. The Morgan fingerprint density at radius 2 is 2.30 bits per heavy atom. The Hall–Kier alpha value is -1.41. The minimum atomic E-state index is -0.216. The van der Waals surface area contributed by atoms with Gasteiger partial charge in [-0.15, -0.1) is 0 Å². The van der Waals surface area contributed by atoms with Gasteiger partial charge in [0, 0.05) is 30.3 Å². The van der Waals surface area contributed by atoms with Crippen molar-refractivity contribution in [2.45, 2.75) is 32.0 Å². The molecule has 3 nitrogen and oxygen atoms in total. The second-order valence-corrected chi connectivity index (χ2v) is 5.16. The first-order chi connectivity index (χ1) is 9.61. The van der Waals surface area contributed by atoms with Crippen molar-refractivity contribution in [2.24, 2.45) is 5.73 Å². The van der Waals surface area contributed by atoms with E-state index in [1.807, 2.05) is 13.1 Å². The van der Waals surface area contributed by atoms with Gasteiger partial charge < -0.3 is 10.5 Å². The molecule has 0 radical (unpaired) electrons. The fraction of sp³-hybridized carbons (Fsp3) is 0.500. The van der Waals surface area contributed by atoms with E-state index in [-0.39, 0.29) is 18.5 Å². The van der Waals surface area contributed by atoms with Crippen molar-refractivity contribution >= 4 is 0 Å². The lowest BCUT2D eigenvalue weighted by atomic mass is 10.1. The second-order valence-electron chi connectivity index (χ2n) is 5.16. The summed E-state index contributed by atoms with van der Waals surface area (Å²) in [7, 11) is 2.01. The Morgan fingerprint density at radius 3 is 2.90 bits per heavy atom. The number of hydrogen-bond donors (Lipinski definition) is 1. The molecule has 0 saturated carbocycles. The normalized spacial score (nSPS) is 21.9. The summed E-state index contributed by atoms with van der Waals surface area (Å²) in [5.41, 5.74) is 6.66. The first-order valence-electron chi connectivity index (χ1n) is 6.91. The minimum Gasteiger partial charge on any atom is -0.377 e. The van der Waals surface area contributed by atoms with Gasteiger partial charge in [0.2, 0.25) is 0 Å². The number of rotatable bonds is 3. The van der Waals surface area contributed by atoms with E-state index in [1.54, 1.807) is 6.07 Å². The second kappa shape index (κ2) is 6.85. The Labute approximate surface area is 119 Å². The summed E-state index contributed by atoms with van der Waals surface area (Å²) >= 11 is 0. The first kappa shape index (κ1) is 15.0. The molecule has 0 bridgehead atoms. The molecule has 0 amide bonds. The highest BCUT2D eigenvalue weighted by molar-refractivity contribution is 5.37. The molecule has 2 rings (SSSR count). The summed E-state index contributed by atoms with van der Waals surface area (Å²) in [4.78, 5) is 2.15. The lowest BCUT2D eigenvalue weighted by molar-refractivity contribution is 0.0811. The van der Waals surface area contributed by atoms with Gasteiger partial charge in [0.1, 0.15) is 5.82 Å².